The molecule has 112 valence electrons. The maximum atomic E-state index is 4.49. The second kappa shape index (κ2) is 7.84. The summed E-state index contributed by atoms with van der Waals surface area (Å²) in [7, 11) is 1.62. The van der Waals surface area contributed by atoms with Crippen LogP contribution in [0.4, 0.5) is 0 Å². The lowest BCUT2D eigenvalue weighted by atomic mass is 10.3. The molecule has 0 spiro atoms. The highest BCUT2D eigenvalue weighted by atomic mass is 28.3. The molecule has 0 heterocycles. The molecule has 0 N–H and O–H groups in total. The van der Waals surface area contributed by atoms with Crippen molar-refractivity contribution in [2.75, 3.05) is 14.1 Å². The fourth-order valence-electron chi connectivity index (χ4n) is 1.01. The van der Waals surface area contributed by atoms with Crippen molar-refractivity contribution in [3.05, 3.63) is 0 Å². The lowest BCUT2D eigenvalue weighted by molar-refractivity contribution is 0.547. The number of nitrogens with zero attached hydrogens (tertiary/aromatic N) is 4. The van der Waals surface area contributed by atoms with Crippen molar-refractivity contribution in [2.45, 2.75) is 58.5 Å². The zero-order valence-electron chi connectivity index (χ0n) is 14.1. The molecule has 0 fully saturated rings. The molecule has 0 rings (SSSR count). The summed E-state index contributed by atoms with van der Waals surface area (Å²) >= 11 is 0. The molecule has 0 aliphatic heterocycles. The quantitative estimate of drug-likeness (QED) is 0.296. The first kappa shape index (κ1) is 18.4. The molecule has 6 heteroatoms. The predicted molar refractivity (Wildman–Crippen MR) is 93.1 cm³/mol. The number of rotatable bonds is 8. The van der Waals surface area contributed by atoms with E-state index >= 15 is 0 Å². The van der Waals surface area contributed by atoms with Gasteiger partial charge in [-0.2, -0.15) is 10.2 Å². The van der Waals surface area contributed by atoms with Crippen LogP contribution in [0, 0.1) is 0 Å². The van der Waals surface area contributed by atoms with Gasteiger partial charge in [0.2, 0.25) is 0 Å². The summed E-state index contributed by atoms with van der Waals surface area (Å²) in [6.45, 7) is 13.8. The van der Waals surface area contributed by atoms with Crippen LogP contribution in [0.5, 0.6) is 0 Å². The van der Waals surface area contributed by atoms with Crippen molar-refractivity contribution in [1.82, 2.24) is 9.35 Å². The van der Waals surface area contributed by atoms with Crippen LogP contribution in [0.3, 0.4) is 0 Å². The molecular weight excluding hydrogens is 268 g/mol. The highest BCUT2D eigenvalue weighted by molar-refractivity contribution is 6.73. The van der Waals surface area contributed by atoms with Gasteiger partial charge in [-0.1, -0.05) is 39.3 Å². The van der Waals surface area contributed by atoms with E-state index in [9.17, 15) is 0 Å². The van der Waals surface area contributed by atoms with E-state index in [2.05, 4.69) is 72.9 Å². The number of unbranched alkanes of at least 4 members (excludes halogenated alkanes) is 2. The van der Waals surface area contributed by atoms with Gasteiger partial charge in [-0.3, -0.25) is 0 Å². The Morgan fingerprint density at radius 1 is 0.737 bits per heavy atom. The van der Waals surface area contributed by atoms with Gasteiger partial charge in [0.05, 0.1) is 0 Å². The van der Waals surface area contributed by atoms with Gasteiger partial charge in [-0.05, 0) is 19.3 Å². The van der Waals surface area contributed by atoms with Crippen molar-refractivity contribution in [3.63, 3.8) is 0 Å². The first-order valence-electron chi connectivity index (χ1n) is 7.07. The fourth-order valence-corrected chi connectivity index (χ4v) is 1.86. The molecule has 0 saturated carbocycles. The Balaban J connectivity index is 3.83. The maximum absolute atomic E-state index is 4.49. The third kappa shape index (κ3) is 8.99. The fraction of sp³-hybridized carbons (Fsp3) is 0.846. The van der Waals surface area contributed by atoms with Crippen LogP contribution in [0.2, 0.25) is 39.3 Å². The minimum Gasteiger partial charge on any atom is -0.328 e. The highest BCUT2D eigenvalue weighted by Gasteiger charge is 2.18. The second-order valence-corrected chi connectivity index (χ2v) is 16.9. The van der Waals surface area contributed by atoms with E-state index in [0.717, 1.165) is 19.3 Å². The van der Waals surface area contributed by atoms with Crippen molar-refractivity contribution in [2.24, 2.45) is 10.2 Å². The van der Waals surface area contributed by atoms with E-state index in [1.807, 2.05) is 12.4 Å². The van der Waals surface area contributed by atoms with E-state index in [1.165, 1.54) is 0 Å². The normalized spacial score (nSPS) is 13.5. The summed E-state index contributed by atoms with van der Waals surface area (Å²) in [5, 5.41) is 8.98. The Bertz CT molecular complexity index is 273. The standard InChI is InChI=1S/C13H32N4Si2/c1-16(18(3,4)5)14-12-10-9-11-13-15-17(2)19(6,7)8/h12-13H,9-11H2,1-8H3/b14-12+,15-13+. The number of hydrogen-bond acceptors (Lipinski definition) is 4. The molecule has 0 aromatic carbocycles. The summed E-state index contributed by atoms with van der Waals surface area (Å²) in [5.41, 5.74) is 0. The monoisotopic (exact) mass is 300 g/mol. The highest BCUT2D eigenvalue weighted by Crippen LogP contribution is 2.07. The van der Waals surface area contributed by atoms with Gasteiger partial charge in [0.25, 0.3) is 0 Å². The van der Waals surface area contributed by atoms with Crippen LogP contribution in [-0.4, -0.2) is 52.3 Å². The summed E-state index contributed by atoms with van der Waals surface area (Å²) < 4.78 is 4.28. The van der Waals surface area contributed by atoms with Crippen molar-refractivity contribution < 1.29 is 0 Å². The molecule has 0 saturated heterocycles. The van der Waals surface area contributed by atoms with E-state index in [-0.39, 0.29) is 0 Å². The Morgan fingerprint density at radius 2 is 1.05 bits per heavy atom. The lowest BCUT2D eigenvalue weighted by Gasteiger charge is -2.26. The van der Waals surface area contributed by atoms with E-state index in [4.69, 9.17) is 0 Å². The van der Waals surface area contributed by atoms with Crippen LogP contribution in [0.1, 0.15) is 19.3 Å². The van der Waals surface area contributed by atoms with E-state index in [1.54, 1.807) is 0 Å². The topological polar surface area (TPSA) is 31.2 Å². The molecule has 0 radical (unpaired) electrons. The number of hydrogen-bond donors (Lipinski definition) is 0. The Morgan fingerprint density at radius 3 is 1.32 bits per heavy atom. The average molecular weight is 301 g/mol. The molecule has 0 atom stereocenters. The first-order chi connectivity index (χ1) is 8.55. The largest absolute Gasteiger partial charge is 0.328 e. The molecule has 4 nitrogen and oxygen atoms in total. The first-order valence-corrected chi connectivity index (χ1v) is 14.0. The second-order valence-electron chi connectivity index (χ2n) is 6.92. The van der Waals surface area contributed by atoms with Crippen LogP contribution in [-0.2, 0) is 0 Å². The summed E-state index contributed by atoms with van der Waals surface area (Å²) in [5.74, 6) is 0. The molecule has 0 aliphatic rings. The minimum atomic E-state index is -1.26. The van der Waals surface area contributed by atoms with Crippen LogP contribution < -0.4 is 0 Å². The maximum Gasteiger partial charge on any atom is 0.168 e. The molecular formula is C13H32N4Si2. The molecule has 19 heavy (non-hydrogen) atoms. The molecule has 0 aliphatic carbocycles. The smallest absolute Gasteiger partial charge is 0.168 e. The predicted octanol–water partition coefficient (Wildman–Crippen LogP) is 3.66. The van der Waals surface area contributed by atoms with Crippen molar-refractivity contribution in [3.8, 4) is 0 Å². The third-order valence-corrected chi connectivity index (χ3v) is 7.23. The van der Waals surface area contributed by atoms with Gasteiger partial charge < -0.3 is 9.35 Å². The van der Waals surface area contributed by atoms with Crippen LogP contribution >= 0.6 is 0 Å². The van der Waals surface area contributed by atoms with Crippen LogP contribution in [0.25, 0.3) is 0 Å². The van der Waals surface area contributed by atoms with Gasteiger partial charge in [-0.15, -0.1) is 0 Å². The van der Waals surface area contributed by atoms with E-state index < -0.39 is 16.5 Å². The Hall–Kier alpha value is -0.626. The van der Waals surface area contributed by atoms with Gasteiger partial charge in [0, 0.05) is 26.5 Å². The summed E-state index contributed by atoms with van der Waals surface area (Å²) in [4.78, 5) is 0. The molecule has 0 amide bonds. The van der Waals surface area contributed by atoms with E-state index in [0.29, 0.717) is 0 Å². The van der Waals surface area contributed by atoms with Crippen molar-refractivity contribution in [1.29, 1.82) is 0 Å². The average Bonchev–Trinajstić information content (AvgIpc) is 2.24. The van der Waals surface area contributed by atoms with Crippen LogP contribution in [0.15, 0.2) is 10.2 Å². The zero-order valence-corrected chi connectivity index (χ0v) is 16.1. The van der Waals surface area contributed by atoms with Gasteiger partial charge in [0.15, 0.2) is 16.5 Å². The lowest BCUT2D eigenvalue weighted by Crippen LogP contribution is -2.39. The van der Waals surface area contributed by atoms with Crippen molar-refractivity contribution >= 4 is 28.9 Å². The molecule has 0 aromatic rings. The van der Waals surface area contributed by atoms with Gasteiger partial charge in [-0.25, -0.2) is 0 Å². The van der Waals surface area contributed by atoms with Gasteiger partial charge >= 0.3 is 0 Å². The number of hydrazone groups is 2. The molecule has 0 unspecified atom stereocenters. The third-order valence-electron chi connectivity index (χ3n) is 3.12. The molecule has 0 aromatic heterocycles. The SMILES string of the molecule is CN(/N=C/CCC/C=N/N(C)[Si](C)(C)C)[Si](C)(C)C. The minimum absolute atomic E-state index is 1.03. The zero-order chi connectivity index (χ0) is 15.1. The summed E-state index contributed by atoms with van der Waals surface area (Å²) in [6.07, 6.45) is 7.24. The summed E-state index contributed by atoms with van der Waals surface area (Å²) in [6, 6.07) is 0. The Kier molecular flexibility index (Phi) is 7.58. The van der Waals surface area contributed by atoms with Gasteiger partial charge in [0.1, 0.15) is 0 Å². The Labute approximate surface area is 121 Å². The molecule has 0 bridgehead atoms.